The predicted octanol–water partition coefficient (Wildman–Crippen LogP) is 4.07. The van der Waals surface area contributed by atoms with E-state index < -0.39 is 0 Å². The Kier molecular flexibility index (Phi) is 6.71. The number of tetrazole rings is 1. The number of benzene rings is 2. The molecule has 0 radical (unpaired) electrons. The van der Waals surface area contributed by atoms with Crippen LogP contribution in [0.15, 0.2) is 47.6 Å². The number of amides is 1. The molecule has 3 aromatic rings. The first kappa shape index (κ1) is 22.7. The van der Waals surface area contributed by atoms with Crippen LogP contribution >= 0.6 is 11.8 Å². The van der Waals surface area contributed by atoms with Crippen LogP contribution in [0.25, 0.3) is 0 Å². The van der Waals surface area contributed by atoms with Gasteiger partial charge in [-0.2, -0.15) is 0 Å². The summed E-state index contributed by atoms with van der Waals surface area (Å²) in [4.78, 5) is 15.5. The molecule has 0 N–H and O–H groups in total. The van der Waals surface area contributed by atoms with Gasteiger partial charge >= 0.3 is 0 Å². The van der Waals surface area contributed by atoms with Gasteiger partial charge in [-0.05, 0) is 58.5 Å². The lowest BCUT2D eigenvalue weighted by Gasteiger charge is -2.38. The van der Waals surface area contributed by atoms with Crippen molar-refractivity contribution in [1.82, 2.24) is 25.1 Å². The molecular formula is C25H29N5O3S. The highest BCUT2D eigenvalue weighted by Crippen LogP contribution is 2.41. The summed E-state index contributed by atoms with van der Waals surface area (Å²) < 4.78 is 13.0. The van der Waals surface area contributed by atoms with Crippen molar-refractivity contribution in [2.45, 2.75) is 49.3 Å². The molecule has 5 rings (SSSR count). The Morgan fingerprint density at radius 2 is 1.82 bits per heavy atom. The number of nitrogens with zero attached hydrogens (tertiary/aromatic N) is 5. The smallest absolute Gasteiger partial charge is 0.233 e. The van der Waals surface area contributed by atoms with Crippen molar-refractivity contribution in [2.24, 2.45) is 0 Å². The lowest BCUT2D eigenvalue weighted by atomic mass is 9.87. The maximum atomic E-state index is 13.6. The number of methoxy groups -OCH3 is 2. The van der Waals surface area contributed by atoms with Crippen LogP contribution < -0.4 is 9.47 Å². The Hall–Kier alpha value is -3.07. The van der Waals surface area contributed by atoms with Gasteiger partial charge in [-0.3, -0.25) is 4.79 Å². The van der Waals surface area contributed by atoms with E-state index in [1.165, 1.54) is 30.2 Å². The number of carbonyl (C=O) groups excluding carboxylic acids is 1. The third-order valence-corrected chi connectivity index (χ3v) is 7.69. The molecule has 2 aliphatic rings. The Bertz CT molecular complexity index is 1150. The largest absolute Gasteiger partial charge is 0.493 e. The second-order valence-corrected chi connectivity index (χ2v) is 9.63. The molecule has 1 unspecified atom stereocenters. The van der Waals surface area contributed by atoms with Gasteiger partial charge in [0.1, 0.15) is 0 Å². The number of aromatic nitrogens is 4. The van der Waals surface area contributed by atoms with Gasteiger partial charge in [0.2, 0.25) is 11.1 Å². The average Bonchev–Trinajstić information content (AvgIpc) is 3.58. The van der Waals surface area contributed by atoms with Crippen LogP contribution in [0.1, 0.15) is 54.5 Å². The maximum Gasteiger partial charge on any atom is 0.233 e. The van der Waals surface area contributed by atoms with Gasteiger partial charge < -0.3 is 14.4 Å². The fourth-order valence-corrected chi connectivity index (χ4v) is 5.91. The number of thioether (sulfide) groups is 1. The van der Waals surface area contributed by atoms with Crippen molar-refractivity contribution < 1.29 is 14.3 Å². The quantitative estimate of drug-likeness (QED) is 0.473. The standard InChI is InChI=1S/C25H29N5O3S/c1-32-21-14-18-12-13-29(24(17-8-4-3-5-9-17)20(18)15-22(21)33-2)23(31)16-34-25-26-27-28-30(25)19-10-6-7-11-19/h3-5,8-9,14-15,19,24H,6-7,10-13,16H2,1-2H3. The van der Waals surface area contributed by atoms with Crippen molar-refractivity contribution in [3.63, 3.8) is 0 Å². The molecule has 1 saturated carbocycles. The zero-order chi connectivity index (χ0) is 23.5. The van der Waals surface area contributed by atoms with E-state index in [9.17, 15) is 4.79 Å². The van der Waals surface area contributed by atoms with Crippen molar-refractivity contribution in [3.8, 4) is 11.5 Å². The lowest BCUT2D eigenvalue weighted by molar-refractivity contribution is -0.130. The molecule has 178 valence electrons. The molecule has 2 aromatic carbocycles. The zero-order valence-electron chi connectivity index (χ0n) is 19.5. The summed E-state index contributed by atoms with van der Waals surface area (Å²) in [5.74, 6) is 1.74. The van der Waals surface area contributed by atoms with E-state index in [4.69, 9.17) is 9.47 Å². The van der Waals surface area contributed by atoms with Gasteiger partial charge in [-0.15, -0.1) is 5.10 Å². The minimum Gasteiger partial charge on any atom is -0.493 e. The highest BCUT2D eigenvalue weighted by Gasteiger charge is 2.33. The zero-order valence-corrected chi connectivity index (χ0v) is 20.3. The first-order valence-electron chi connectivity index (χ1n) is 11.7. The average molecular weight is 480 g/mol. The van der Waals surface area contributed by atoms with Crippen LogP contribution in [0.2, 0.25) is 0 Å². The molecule has 8 nitrogen and oxygen atoms in total. The molecule has 0 spiro atoms. The lowest BCUT2D eigenvalue weighted by Crippen LogP contribution is -2.41. The molecular weight excluding hydrogens is 450 g/mol. The summed E-state index contributed by atoms with van der Waals surface area (Å²) in [7, 11) is 3.28. The van der Waals surface area contributed by atoms with Gasteiger partial charge in [-0.1, -0.05) is 54.9 Å². The van der Waals surface area contributed by atoms with E-state index >= 15 is 0 Å². The molecule has 1 atom stereocenters. The van der Waals surface area contributed by atoms with Crippen LogP contribution in [0.4, 0.5) is 0 Å². The van der Waals surface area contributed by atoms with E-state index in [-0.39, 0.29) is 11.9 Å². The summed E-state index contributed by atoms with van der Waals surface area (Å²) in [5.41, 5.74) is 3.32. The highest BCUT2D eigenvalue weighted by atomic mass is 32.2. The molecule has 2 heterocycles. The summed E-state index contributed by atoms with van der Waals surface area (Å²) >= 11 is 1.43. The number of fused-ring (bicyclic) bond motifs is 1. The van der Waals surface area contributed by atoms with E-state index in [1.807, 2.05) is 39.9 Å². The number of carbonyl (C=O) groups is 1. The minimum atomic E-state index is -0.191. The molecule has 0 bridgehead atoms. The first-order chi connectivity index (χ1) is 16.7. The molecule has 1 amide bonds. The predicted molar refractivity (Wildman–Crippen MR) is 129 cm³/mol. The summed E-state index contributed by atoms with van der Waals surface area (Å²) in [5, 5.41) is 13.0. The van der Waals surface area contributed by atoms with Crippen LogP contribution in [0, 0.1) is 0 Å². The van der Waals surface area contributed by atoms with Gasteiger partial charge in [0, 0.05) is 6.54 Å². The second kappa shape index (κ2) is 10.0. The van der Waals surface area contributed by atoms with Gasteiger partial charge in [-0.25, -0.2) is 4.68 Å². The Labute approximate surface area is 203 Å². The Balaban J connectivity index is 1.42. The number of hydrogen-bond donors (Lipinski definition) is 0. The van der Waals surface area contributed by atoms with Crippen LogP contribution in [-0.2, 0) is 11.2 Å². The SMILES string of the molecule is COc1cc2c(cc1OC)C(c1ccccc1)N(C(=O)CSc1nnnn1C1CCCC1)CC2. The number of hydrogen-bond acceptors (Lipinski definition) is 7. The fourth-order valence-electron chi connectivity index (χ4n) is 5.08. The van der Waals surface area contributed by atoms with Crippen molar-refractivity contribution in [1.29, 1.82) is 0 Å². The molecule has 9 heteroatoms. The molecule has 0 saturated heterocycles. The van der Waals surface area contributed by atoms with Crippen LogP contribution in [0.3, 0.4) is 0 Å². The van der Waals surface area contributed by atoms with Crippen molar-refractivity contribution >= 4 is 17.7 Å². The van der Waals surface area contributed by atoms with Crippen molar-refractivity contribution in [2.75, 3.05) is 26.5 Å². The summed E-state index contributed by atoms with van der Waals surface area (Å²) in [6.45, 7) is 0.634. The summed E-state index contributed by atoms with van der Waals surface area (Å²) in [6.07, 6.45) is 5.35. The fraction of sp³-hybridized carbons (Fsp3) is 0.440. The van der Waals surface area contributed by atoms with E-state index in [2.05, 4.69) is 27.7 Å². The normalized spacial score (nSPS) is 18.1. The maximum absolute atomic E-state index is 13.6. The third kappa shape index (κ3) is 4.36. The van der Waals surface area contributed by atoms with Gasteiger partial charge in [0.15, 0.2) is 11.5 Å². The minimum absolute atomic E-state index is 0.0697. The number of ether oxygens (including phenoxy) is 2. The van der Waals surface area contributed by atoms with Crippen LogP contribution in [-0.4, -0.2) is 57.5 Å². The molecule has 1 aliphatic heterocycles. The molecule has 1 aromatic heterocycles. The van der Waals surface area contributed by atoms with Gasteiger partial charge in [0.25, 0.3) is 0 Å². The highest BCUT2D eigenvalue weighted by molar-refractivity contribution is 7.99. The summed E-state index contributed by atoms with van der Waals surface area (Å²) in [6, 6.07) is 14.4. The topological polar surface area (TPSA) is 82.4 Å². The monoisotopic (exact) mass is 479 g/mol. The number of rotatable bonds is 7. The van der Waals surface area contributed by atoms with E-state index in [0.717, 1.165) is 35.5 Å². The molecule has 1 fully saturated rings. The molecule has 34 heavy (non-hydrogen) atoms. The van der Waals surface area contributed by atoms with E-state index in [1.54, 1.807) is 14.2 Å². The molecule has 1 aliphatic carbocycles. The second-order valence-electron chi connectivity index (χ2n) is 8.69. The van der Waals surface area contributed by atoms with Gasteiger partial charge in [0.05, 0.1) is 32.1 Å². The van der Waals surface area contributed by atoms with Crippen LogP contribution in [0.5, 0.6) is 11.5 Å². The van der Waals surface area contributed by atoms with Crippen molar-refractivity contribution in [3.05, 3.63) is 59.2 Å². The Morgan fingerprint density at radius 1 is 1.09 bits per heavy atom. The Morgan fingerprint density at radius 3 is 2.56 bits per heavy atom. The van der Waals surface area contributed by atoms with E-state index in [0.29, 0.717) is 29.8 Å². The first-order valence-corrected chi connectivity index (χ1v) is 12.7. The third-order valence-electron chi connectivity index (χ3n) is 6.77.